The van der Waals surface area contributed by atoms with Gasteiger partial charge in [0.2, 0.25) is 0 Å². The fourth-order valence-electron chi connectivity index (χ4n) is 1.34. The van der Waals surface area contributed by atoms with E-state index in [4.69, 9.17) is 11.6 Å². The van der Waals surface area contributed by atoms with E-state index in [1.165, 1.54) is 18.4 Å². The van der Waals surface area contributed by atoms with Gasteiger partial charge in [-0.05, 0) is 0 Å². The van der Waals surface area contributed by atoms with E-state index < -0.39 is 0 Å². The highest BCUT2D eigenvalue weighted by molar-refractivity contribution is 7.15. The fraction of sp³-hybridized carbons (Fsp3) is 0.300. The smallest absolute Gasteiger partial charge is 0.310 e. The fourth-order valence-corrected chi connectivity index (χ4v) is 2.31. The molecule has 2 aromatic rings. The number of methoxy groups -OCH3 is 1. The Balaban J connectivity index is 2.01. The van der Waals surface area contributed by atoms with E-state index in [9.17, 15) is 4.79 Å². The molecular formula is C10H10ClN3O2S. The number of nitrogens with zero attached hydrogens (tertiary/aromatic N) is 3. The minimum Gasteiger partial charge on any atom is -0.469 e. The van der Waals surface area contributed by atoms with Gasteiger partial charge in [-0.15, -0.1) is 11.3 Å². The number of carbonyl (C=O) groups excluding carboxylic acids is 1. The average Bonchev–Trinajstić information content (AvgIpc) is 2.89. The molecule has 90 valence electrons. The number of rotatable bonds is 4. The first-order chi connectivity index (χ1) is 8.17. The Morgan fingerprint density at radius 3 is 3.06 bits per heavy atom. The molecule has 0 aliphatic carbocycles. The number of esters is 1. The van der Waals surface area contributed by atoms with Gasteiger partial charge < -0.3 is 4.74 Å². The van der Waals surface area contributed by atoms with Crippen molar-refractivity contribution in [1.29, 1.82) is 0 Å². The van der Waals surface area contributed by atoms with Crippen LogP contribution in [0.15, 0.2) is 18.6 Å². The number of carbonyl (C=O) groups is 1. The molecule has 0 amide bonds. The monoisotopic (exact) mass is 271 g/mol. The van der Waals surface area contributed by atoms with Gasteiger partial charge in [0.05, 0.1) is 26.3 Å². The van der Waals surface area contributed by atoms with Gasteiger partial charge in [0.15, 0.2) is 4.47 Å². The second-order valence-electron chi connectivity index (χ2n) is 3.38. The Kier molecular flexibility index (Phi) is 3.75. The van der Waals surface area contributed by atoms with Crippen molar-refractivity contribution in [1.82, 2.24) is 14.8 Å². The predicted octanol–water partition coefficient (Wildman–Crippen LogP) is 1.76. The molecule has 0 saturated heterocycles. The molecule has 0 unspecified atom stereocenters. The Labute approximate surface area is 107 Å². The van der Waals surface area contributed by atoms with Crippen LogP contribution in [-0.4, -0.2) is 27.8 Å². The summed E-state index contributed by atoms with van der Waals surface area (Å²) in [7, 11) is 1.37. The summed E-state index contributed by atoms with van der Waals surface area (Å²) in [6, 6.07) is 0. The molecule has 0 saturated carbocycles. The Hall–Kier alpha value is -1.40. The molecule has 5 nitrogen and oxygen atoms in total. The quantitative estimate of drug-likeness (QED) is 0.795. The van der Waals surface area contributed by atoms with Gasteiger partial charge in [-0.2, -0.15) is 5.10 Å². The van der Waals surface area contributed by atoms with E-state index in [0.29, 0.717) is 11.0 Å². The minimum atomic E-state index is -0.273. The van der Waals surface area contributed by atoms with Gasteiger partial charge in [-0.25, -0.2) is 4.98 Å². The van der Waals surface area contributed by atoms with Crippen molar-refractivity contribution < 1.29 is 9.53 Å². The van der Waals surface area contributed by atoms with Crippen LogP contribution in [0.2, 0.25) is 4.47 Å². The summed E-state index contributed by atoms with van der Waals surface area (Å²) in [4.78, 5) is 16.0. The second kappa shape index (κ2) is 5.29. The number of hydrogen-bond donors (Lipinski definition) is 0. The first-order valence-corrected chi connectivity index (χ1v) is 6.05. The largest absolute Gasteiger partial charge is 0.469 e. The lowest BCUT2D eigenvalue weighted by Crippen LogP contribution is -2.03. The normalized spacial score (nSPS) is 10.5. The highest BCUT2D eigenvalue weighted by Gasteiger charge is 2.06. The number of thiazole rings is 1. The summed E-state index contributed by atoms with van der Waals surface area (Å²) in [6.45, 7) is 0.603. The number of hydrogen-bond acceptors (Lipinski definition) is 5. The SMILES string of the molecule is COC(=O)Cc1cnn(Cc2cnc(Cl)s2)c1. The molecule has 2 aromatic heterocycles. The zero-order valence-electron chi connectivity index (χ0n) is 9.09. The highest BCUT2D eigenvalue weighted by atomic mass is 35.5. The number of ether oxygens (including phenoxy) is 1. The van der Waals surface area contributed by atoms with E-state index in [1.807, 2.05) is 6.20 Å². The van der Waals surface area contributed by atoms with E-state index in [1.54, 1.807) is 17.1 Å². The topological polar surface area (TPSA) is 57.0 Å². The second-order valence-corrected chi connectivity index (χ2v) is 5.08. The van der Waals surface area contributed by atoms with Crippen molar-refractivity contribution in [2.45, 2.75) is 13.0 Å². The minimum absolute atomic E-state index is 0.236. The predicted molar refractivity (Wildman–Crippen MR) is 64.2 cm³/mol. The molecule has 0 atom stereocenters. The summed E-state index contributed by atoms with van der Waals surface area (Å²) in [5, 5.41) is 4.15. The van der Waals surface area contributed by atoms with Crippen LogP contribution < -0.4 is 0 Å². The molecule has 0 radical (unpaired) electrons. The Morgan fingerprint density at radius 1 is 1.59 bits per heavy atom. The maximum Gasteiger partial charge on any atom is 0.310 e. The van der Waals surface area contributed by atoms with E-state index >= 15 is 0 Å². The zero-order chi connectivity index (χ0) is 12.3. The molecule has 0 aromatic carbocycles. The molecule has 2 heterocycles. The molecule has 0 fully saturated rings. The molecule has 0 bridgehead atoms. The summed E-state index contributed by atoms with van der Waals surface area (Å²) in [6.07, 6.45) is 5.42. The molecule has 0 N–H and O–H groups in total. The van der Waals surface area contributed by atoms with Crippen molar-refractivity contribution in [3.8, 4) is 0 Å². The first-order valence-electron chi connectivity index (χ1n) is 4.85. The average molecular weight is 272 g/mol. The molecule has 0 aliphatic rings. The lowest BCUT2D eigenvalue weighted by Gasteiger charge is -1.96. The molecule has 2 rings (SSSR count). The van der Waals surface area contributed by atoms with Crippen LogP contribution in [-0.2, 0) is 22.5 Å². The lowest BCUT2D eigenvalue weighted by atomic mass is 10.3. The van der Waals surface area contributed by atoms with Gasteiger partial charge in [0, 0.05) is 22.8 Å². The third kappa shape index (κ3) is 3.28. The molecule has 7 heteroatoms. The third-order valence-corrected chi connectivity index (χ3v) is 3.21. The number of halogens is 1. The lowest BCUT2D eigenvalue weighted by molar-refractivity contribution is -0.139. The summed E-state index contributed by atoms with van der Waals surface area (Å²) in [5.41, 5.74) is 0.826. The molecule has 0 aliphatic heterocycles. The molecular weight excluding hydrogens is 262 g/mol. The highest BCUT2D eigenvalue weighted by Crippen LogP contribution is 2.18. The van der Waals surface area contributed by atoms with Crippen LogP contribution in [0.25, 0.3) is 0 Å². The van der Waals surface area contributed by atoms with E-state index in [-0.39, 0.29) is 12.4 Å². The standard InChI is InChI=1S/C10H10ClN3O2S/c1-16-9(15)2-7-3-13-14(5-7)6-8-4-12-10(11)17-8/h3-5H,2,6H2,1H3. The van der Waals surface area contributed by atoms with Crippen LogP contribution in [0.4, 0.5) is 0 Å². The third-order valence-electron chi connectivity index (χ3n) is 2.11. The molecule has 0 spiro atoms. The van der Waals surface area contributed by atoms with Crippen LogP contribution in [0.1, 0.15) is 10.4 Å². The van der Waals surface area contributed by atoms with Gasteiger partial charge >= 0.3 is 5.97 Å². The summed E-state index contributed by atoms with van der Waals surface area (Å²) in [5.74, 6) is -0.273. The van der Waals surface area contributed by atoms with Crippen molar-refractivity contribution in [2.24, 2.45) is 0 Å². The van der Waals surface area contributed by atoms with Gasteiger partial charge in [-0.1, -0.05) is 11.6 Å². The summed E-state index contributed by atoms with van der Waals surface area (Å²) < 4.78 is 6.84. The zero-order valence-corrected chi connectivity index (χ0v) is 10.7. The van der Waals surface area contributed by atoms with Crippen LogP contribution in [0.3, 0.4) is 0 Å². The Bertz CT molecular complexity index is 523. The van der Waals surface area contributed by atoms with Crippen molar-refractivity contribution >= 4 is 28.9 Å². The van der Waals surface area contributed by atoms with Gasteiger partial charge in [-0.3, -0.25) is 9.48 Å². The van der Waals surface area contributed by atoms with Gasteiger partial charge in [0.25, 0.3) is 0 Å². The van der Waals surface area contributed by atoms with Crippen LogP contribution in [0.5, 0.6) is 0 Å². The van der Waals surface area contributed by atoms with Crippen LogP contribution in [0, 0.1) is 0 Å². The maximum absolute atomic E-state index is 11.1. The van der Waals surface area contributed by atoms with Crippen molar-refractivity contribution in [3.05, 3.63) is 33.5 Å². The maximum atomic E-state index is 11.1. The van der Waals surface area contributed by atoms with Crippen LogP contribution >= 0.6 is 22.9 Å². The molecule has 17 heavy (non-hydrogen) atoms. The number of aromatic nitrogens is 3. The summed E-state index contributed by atoms with van der Waals surface area (Å²) >= 11 is 7.15. The Morgan fingerprint density at radius 2 is 2.41 bits per heavy atom. The first kappa shape index (κ1) is 12.1. The van der Waals surface area contributed by atoms with E-state index in [0.717, 1.165) is 10.4 Å². The van der Waals surface area contributed by atoms with E-state index in [2.05, 4.69) is 14.8 Å². The van der Waals surface area contributed by atoms with Crippen molar-refractivity contribution in [2.75, 3.05) is 7.11 Å². The van der Waals surface area contributed by atoms with Gasteiger partial charge in [0.1, 0.15) is 0 Å². The van der Waals surface area contributed by atoms with Crippen molar-refractivity contribution in [3.63, 3.8) is 0 Å².